The molecular weight excluding hydrogens is 425 g/mol. The van der Waals surface area contributed by atoms with Crippen LogP contribution in [0.1, 0.15) is 51.3 Å². The monoisotopic (exact) mass is 451 g/mol. The third kappa shape index (κ3) is 6.38. The minimum absolute atomic E-state index is 0.0985. The Morgan fingerprint density at radius 1 is 1.07 bits per heavy atom. The van der Waals surface area contributed by atoms with Crippen LogP contribution in [0, 0.1) is 5.92 Å². The standard InChI is InChI=1S/C23H27Cl2NO4/c1-14(2)12-19(21(27)28)26-22(29)30-20(15-8-10-17(24)11-9-15)23(3,4)16-6-5-7-18(25)13-16/h5-11,13-14,19-20H,12H2,1-4H3,(H,26,29)(H,27,28). The minimum atomic E-state index is -1.10. The molecule has 0 aliphatic carbocycles. The molecule has 5 nitrogen and oxygen atoms in total. The van der Waals surface area contributed by atoms with Crippen LogP contribution in [-0.4, -0.2) is 23.2 Å². The van der Waals surface area contributed by atoms with E-state index in [1.54, 1.807) is 30.3 Å². The molecule has 2 rings (SSSR count). The van der Waals surface area contributed by atoms with Crippen molar-refractivity contribution >= 4 is 35.3 Å². The highest BCUT2D eigenvalue weighted by atomic mass is 35.5. The fourth-order valence-corrected chi connectivity index (χ4v) is 3.60. The second-order valence-corrected chi connectivity index (χ2v) is 9.11. The molecule has 0 saturated heterocycles. The zero-order valence-corrected chi connectivity index (χ0v) is 19.0. The summed E-state index contributed by atoms with van der Waals surface area (Å²) in [6, 6.07) is 13.3. The number of rotatable bonds is 8. The van der Waals surface area contributed by atoms with Crippen molar-refractivity contribution in [2.75, 3.05) is 0 Å². The lowest BCUT2D eigenvalue weighted by Gasteiger charge is -2.35. The molecule has 0 bridgehead atoms. The van der Waals surface area contributed by atoms with Gasteiger partial charge in [0.2, 0.25) is 0 Å². The molecule has 2 aromatic carbocycles. The molecule has 30 heavy (non-hydrogen) atoms. The second-order valence-electron chi connectivity index (χ2n) is 8.23. The number of halogens is 2. The van der Waals surface area contributed by atoms with Gasteiger partial charge in [0.25, 0.3) is 0 Å². The number of alkyl carbamates (subject to hydrolysis) is 1. The zero-order valence-electron chi connectivity index (χ0n) is 17.5. The summed E-state index contributed by atoms with van der Waals surface area (Å²) in [7, 11) is 0. The van der Waals surface area contributed by atoms with E-state index < -0.39 is 29.6 Å². The molecule has 0 aliphatic heterocycles. The molecule has 0 aromatic heterocycles. The smallest absolute Gasteiger partial charge is 0.408 e. The summed E-state index contributed by atoms with van der Waals surface area (Å²) in [5.74, 6) is -1.00. The van der Waals surface area contributed by atoms with Crippen LogP contribution < -0.4 is 5.32 Å². The van der Waals surface area contributed by atoms with Gasteiger partial charge in [0.1, 0.15) is 12.1 Å². The third-order valence-electron chi connectivity index (χ3n) is 4.92. The average molecular weight is 452 g/mol. The van der Waals surface area contributed by atoms with Gasteiger partial charge in [-0.3, -0.25) is 0 Å². The molecule has 162 valence electrons. The first-order chi connectivity index (χ1) is 14.0. The Morgan fingerprint density at radius 3 is 2.23 bits per heavy atom. The summed E-state index contributed by atoms with van der Waals surface area (Å²) in [6.07, 6.45) is -1.20. The number of carboxylic acids is 1. The Labute approximate surface area is 187 Å². The maximum absolute atomic E-state index is 12.7. The van der Waals surface area contributed by atoms with Crippen molar-refractivity contribution in [3.8, 4) is 0 Å². The van der Waals surface area contributed by atoms with Crippen LogP contribution in [0.2, 0.25) is 10.0 Å². The number of amides is 1. The molecule has 2 aromatic rings. The minimum Gasteiger partial charge on any atom is -0.480 e. The van der Waals surface area contributed by atoms with E-state index in [1.165, 1.54) is 0 Å². The SMILES string of the molecule is CC(C)CC(NC(=O)OC(c1ccc(Cl)cc1)C(C)(C)c1cccc(Cl)c1)C(=O)O. The Bertz CT molecular complexity index is 881. The van der Waals surface area contributed by atoms with Crippen LogP contribution in [0.4, 0.5) is 4.79 Å². The highest BCUT2D eigenvalue weighted by Gasteiger charge is 2.37. The van der Waals surface area contributed by atoms with Gasteiger partial charge in [-0.2, -0.15) is 0 Å². The number of carboxylic acid groups (broad SMARTS) is 1. The Balaban J connectivity index is 2.35. The van der Waals surface area contributed by atoms with Gasteiger partial charge in [-0.15, -0.1) is 0 Å². The third-order valence-corrected chi connectivity index (χ3v) is 5.41. The van der Waals surface area contributed by atoms with Crippen molar-refractivity contribution in [3.05, 3.63) is 69.7 Å². The number of ether oxygens (including phenoxy) is 1. The van der Waals surface area contributed by atoms with E-state index in [-0.39, 0.29) is 5.92 Å². The molecule has 0 radical (unpaired) electrons. The normalized spacial score (nSPS) is 13.6. The summed E-state index contributed by atoms with van der Waals surface area (Å²) < 4.78 is 5.80. The van der Waals surface area contributed by atoms with Crippen LogP contribution in [0.25, 0.3) is 0 Å². The van der Waals surface area contributed by atoms with Gasteiger partial charge >= 0.3 is 12.1 Å². The van der Waals surface area contributed by atoms with Crippen molar-refractivity contribution in [1.29, 1.82) is 0 Å². The van der Waals surface area contributed by atoms with Crippen molar-refractivity contribution in [3.63, 3.8) is 0 Å². The fraction of sp³-hybridized carbons (Fsp3) is 0.391. The summed E-state index contributed by atoms with van der Waals surface area (Å²) in [4.78, 5) is 24.2. The second kappa shape index (κ2) is 10.2. The predicted molar refractivity (Wildman–Crippen MR) is 119 cm³/mol. The number of aliphatic carboxylic acids is 1. The van der Waals surface area contributed by atoms with Crippen LogP contribution in [0.3, 0.4) is 0 Å². The van der Waals surface area contributed by atoms with E-state index in [2.05, 4.69) is 5.32 Å². The highest BCUT2D eigenvalue weighted by molar-refractivity contribution is 6.30. The predicted octanol–water partition coefficient (Wildman–Crippen LogP) is 6.24. The van der Waals surface area contributed by atoms with Crippen molar-refractivity contribution in [2.45, 2.75) is 51.7 Å². The van der Waals surface area contributed by atoms with Crippen LogP contribution in [0.15, 0.2) is 48.5 Å². The summed E-state index contributed by atoms with van der Waals surface area (Å²) in [5, 5.41) is 13.0. The van der Waals surface area contributed by atoms with E-state index >= 15 is 0 Å². The van der Waals surface area contributed by atoms with Crippen molar-refractivity contribution in [1.82, 2.24) is 5.32 Å². The zero-order chi connectivity index (χ0) is 22.5. The first-order valence-corrected chi connectivity index (χ1v) is 10.5. The number of carbonyl (C=O) groups is 2. The topological polar surface area (TPSA) is 75.6 Å². The van der Waals surface area contributed by atoms with Crippen molar-refractivity contribution in [2.24, 2.45) is 5.92 Å². The molecule has 2 unspecified atom stereocenters. The maximum Gasteiger partial charge on any atom is 0.408 e. The van der Waals surface area contributed by atoms with Crippen LogP contribution in [-0.2, 0) is 14.9 Å². The number of hydrogen-bond donors (Lipinski definition) is 2. The first kappa shape index (κ1) is 24.0. The Morgan fingerprint density at radius 2 is 1.70 bits per heavy atom. The molecule has 0 heterocycles. The van der Waals surface area contributed by atoms with Gasteiger partial charge in [-0.25, -0.2) is 9.59 Å². The van der Waals surface area contributed by atoms with E-state index in [0.717, 1.165) is 11.1 Å². The van der Waals surface area contributed by atoms with E-state index in [4.69, 9.17) is 27.9 Å². The van der Waals surface area contributed by atoms with Gasteiger partial charge in [0.05, 0.1) is 0 Å². The van der Waals surface area contributed by atoms with Crippen LogP contribution >= 0.6 is 23.2 Å². The van der Waals surface area contributed by atoms with Gasteiger partial charge < -0.3 is 15.2 Å². The van der Waals surface area contributed by atoms with Crippen molar-refractivity contribution < 1.29 is 19.4 Å². The average Bonchev–Trinajstić information content (AvgIpc) is 2.66. The lowest BCUT2D eigenvalue weighted by Crippen LogP contribution is -2.43. The lowest BCUT2D eigenvalue weighted by atomic mass is 9.76. The van der Waals surface area contributed by atoms with E-state index in [1.807, 2.05) is 45.9 Å². The molecule has 1 amide bonds. The quantitative estimate of drug-likeness (QED) is 0.497. The molecule has 0 aliphatic rings. The lowest BCUT2D eigenvalue weighted by molar-refractivity contribution is -0.139. The summed E-state index contributed by atoms with van der Waals surface area (Å²) in [5.41, 5.74) is 0.947. The Kier molecular flexibility index (Phi) is 8.16. The van der Waals surface area contributed by atoms with Gasteiger partial charge in [0.15, 0.2) is 0 Å². The Hall–Kier alpha value is -2.24. The maximum atomic E-state index is 12.7. The molecule has 2 N–H and O–H groups in total. The van der Waals surface area contributed by atoms with Gasteiger partial charge in [0, 0.05) is 15.5 Å². The molecule has 2 atom stereocenters. The summed E-state index contributed by atoms with van der Waals surface area (Å²) in [6.45, 7) is 7.66. The number of benzene rings is 2. The molecular formula is C23H27Cl2NO4. The van der Waals surface area contributed by atoms with E-state index in [9.17, 15) is 14.7 Å². The fourth-order valence-electron chi connectivity index (χ4n) is 3.29. The molecule has 7 heteroatoms. The van der Waals surface area contributed by atoms with Crippen LogP contribution in [0.5, 0.6) is 0 Å². The van der Waals surface area contributed by atoms with Gasteiger partial charge in [-0.1, -0.05) is 75.2 Å². The number of carbonyl (C=O) groups excluding carboxylic acids is 1. The van der Waals surface area contributed by atoms with E-state index in [0.29, 0.717) is 16.5 Å². The first-order valence-electron chi connectivity index (χ1n) is 9.72. The molecule has 0 spiro atoms. The largest absolute Gasteiger partial charge is 0.480 e. The van der Waals surface area contributed by atoms with Gasteiger partial charge in [-0.05, 0) is 47.7 Å². The molecule has 0 fully saturated rings. The highest BCUT2D eigenvalue weighted by Crippen LogP contribution is 2.40. The molecule has 0 saturated carbocycles. The number of hydrogen-bond acceptors (Lipinski definition) is 3. The number of nitrogens with one attached hydrogen (secondary N) is 1. The summed E-state index contributed by atoms with van der Waals surface area (Å²) >= 11 is 12.2.